The molecule has 0 atom stereocenters. The molecule has 0 aliphatic rings. The van der Waals surface area contributed by atoms with Crippen molar-refractivity contribution in [3.63, 3.8) is 0 Å². The van der Waals surface area contributed by atoms with Crippen molar-refractivity contribution in [3.8, 4) is 23.3 Å². The molecule has 0 N–H and O–H groups in total. The topological polar surface area (TPSA) is 85.4 Å². The van der Waals surface area contributed by atoms with Gasteiger partial charge in [-0.1, -0.05) is 12.1 Å². The highest BCUT2D eigenvalue weighted by Gasteiger charge is 2.19. The Balaban J connectivity index is 2.53. The molecule has 0 radical (unpaired) electrons. The van der Waals surface area contributed by atoms with E-state index < -0.39 is 4.92 Å². The molecule has 0 aliphatic carbocycles. The van der Waals surface area contributed by atoms with Crippen molar-refractivity contribution in [1.29, 1.82) is 5.26 Å². The van der Waals surface area contributed by atoms with Crippen molar-refractivity contribution in [2.24, 2.45) is 0 Å². The molecule has 0 fully saturated rings. The maximum atomic E-state index is 11.1. The zero-order valence-corrected chi connectivity index (χ0v) is 11.5. The van der Waals surface area contributed by atoms with Gasteiger partial charge in [0, 0.05) is 12.1 Å². The fraction of sp³-hybridized carbons (Fsp3) is 0.133. The number of nitro groups is 1. The van der Waals surface area contributed by atoms with Gasteiger partial charge in [0.25, 0.3) is 0 Å². The van der Waals surface area contributed by atoms with E-state index >= 15 is 0 Å². The van der Waals surface area contributed by atoms with E-state index in [0.717, 1.165) is 0 Å². The van der Waals surface area contributed by atoms with Gasteiger partial charge in [0.15, 0.2) is 0 Å². The van der Waals surface area contributed by atoms with Crippen LogP contribution in [0.25, 0.3) is 0 Å². The van der Waals surface area contributed by atoms with Crippen molar-refractivity contribution < 1.29 is 14.4 Å². The Bertz CT molecular complexity index is 735. The number of hydrogen-bond acceptors (Lipinski definition) is 5. The van der Waals surface area contributed by atoms with E-state index in [2.05, 4.69) is 0 Å². The minimum absolute atomic E-state index is 0.0325. The second kappa shape index (κ2) is 5.92. The monoisotopic (exact) mass is 284 g/mol. The van der Waals surface area contributed by atoms with E-state index in [9.17, 15) is 10.1 Å². The predicted octanol–water partition coefficient (Wildman–Crippen LogP) is 3.58. The average Bonchev–Trinajstić information content (AvgIpc) is 2.48. The molecule has 0 heterocycles. The lowest BCUT2D eigenvalue weighted by Gasteiger charge is -2.11. The molecule has 0 aliphatic heterocycles. The maximum absolute atomic E-state index is 11.1. The van der Waals surface area contributed by atoms with Crippen LogP contribution >= 0.6 is 0 Å². The molecule has 0 saturated heterocycles. The summed E-state index contributed by atoms with van der Waals surface area (Å²) < 4.78 is 10.7. The number of nitro benzene ring substituents is 1. The summed E-state index contributed by atoms with van der Waals surface area (Å²) in [7, 11) is 1.46. The van der Waals surface area contributed by atoms with Crippen molar-refractivity contribution in [2.75, 3.05) is 7.11 Å². The van der Waals surface area contributed by atoms with Gasteiger partial charge in [-0.05, 0) is 24.6 Å². The Kier molecular flexibility index (Phi) is 4.05. The van der Waals surface area contributed by atoms with Crippen molar-refractivity contribution >= 4 is 5.69 Å². The molecular formula is C15H12N2O4. The van der Waals surface area contributed by atoms with Crippen LogP contribution in [0.1, 0.15) is 11.1 Å². The van der Waals surface area contributed by atoms with Gasteiger partial charge in [-0.25, -0.2) is 0 Å². The number of rotatable bonds is 4. The molecule has 2 aromatic rings. The highest BCUT2D eigenvalue weighted by molar-refractivity contribution is 5.56. The number of aryl methyl sites for hydroxylation is 1. The quantitative estimate of drug-likeness (QED) is 0.632. The van der Waals surface area contributed by atoms with Crippen LogP contribution in [0.5, 0.6) is 17.2 Å². The van der Waals surface area contributed by atoms with Gasteiger partial charge in [-0.3, -0.25) is 10.1 Å². The Hall–Kier alpha value is -3.07. The molecular weight excluding hydrogens is 272 g/mol. The van der Waals surface area contributed by atoms with Gasteiger partial charge in [-0.2, -0.15) is 5.26 Å². The fourth-order valence-corrected chi connectivity index (χ4v) is 1.84. The van der Waals surface area contributed by atoms with Gasteiger partial charge in [-0.15, -0.1) is 0 Å². The Morgan fingerprint density at radius 3 is 2.67 bits per heavy atom. The van der Waals surface area contributed by atoms with Crippen LogP contribution < -0.4 is 9.47 Å². The minimum Gasteiger partial charge on any atom is -0.497 e. The molecule has 0 saturated carbocycles. The summed E-state index contributed by atoms with van der Waals surface area (Å²) in [5.41, 5.74) is 0.834. The van der Waals surface area contributed by atoms with E-state index in [0.29, 0.717) is 22.6 Å². The standard InChI is InChI=1S/C15H12N2O4/c1-10-4-3-5-11(9-16)15(10)21-14-8-12(20-2)6-7-13(14)17(18)19/h3-8H,1-2H3. The maximum Gasteiger partial charge on any atom is 0.311 e. The molecule has 0 aromatic heterocycles. The van der Waals surface area contributed by atoms with Crippen LogP contribution in [0.3, 0.4) is 0 Å². The van der Waals surface area contributed by atoms with Crippen LogP contribution in [-0.2, 0) is 0 Å². The summed E-state index contributed by atoms with van der Waals surface area (Å²) in [6, 6.07) is 11.3. The van der Waals surface area contributed by atoms with Gasteiger partial charge in [0.2, 0.25) is 5.75 Å². The zero-order chi connectivity index (χ0) is 15.4. The van der Waals surface area contributed by atoms with Crippen LogP contribution in [0.15, 0.2) is 36.4 Å². The largest absolute Gasteiger partial charge is 0.497 e. The fourth-order valence-electron chi connectivity index (χ4n) is 1.84. The van der Waals surface area contributed by atoms with E-state index in [1.807, 2.05) is 6.07 Å². The first-order valence-corrected chi connectivity index (χ1v) is 6.07. The highest BCUT2D eigenvalue weighted by Crippen LogP contribution is 2.37. The first kappa shape index (κ1) is 14.3. The van der Waals surface area contributed by atoms with Crippen LogP contribution in [0.2, 0.25) is 0 Å². The van der Waals surface area contributed by atoms with Crippen LogP contribution in [-0.4, -0.2) is 12.0 Å². The van der Waals surface area contributed by atoms with Gasteiger partial charge < -0.3 is 9.47 Å². The van der Waals surface area contributed by atoms with Crippen molar-refractivity contribution in [3.05, 3.63) is 57.6 Å². The number of methoxy groups -OCH3 is 1. The third-order valence-electron chi connectivity index (χ3n) is 2.91. The van der Waals surface area contributed by atoms with Crippen LogP contribution in [0, 0.1) is 28.4 Å². The molecule has 6 heteroatoms. The molecule has 2 rings (SSSR count). The lowest BCUT2D eigenvalue weighted by molar-refractivity contribution is -0.385. The number of benzene rings is 2. The SMILES string of the molecule is COc1ccc([N+](=O)[O-])c(Oc2c(C)cccc2C#N)c1. The van der Waals surface area contributed by atoms with Gasteiger partial charge in [0.1, 0.15) is 17.6 Å². The van der Waals surface area contributed by atoms with Crippen LogP contribution in [0.4, 0.5) is 5.69 Å². The Morgan fingerprint density at radius 2 is 2.05 bits per heavy atom. The van der Waals surface area contributed by atoms with Crippen molar-refractivity contribution in [2.45, 2.75) is 6.92 Å². The van der Waals surface area contributed by atoms with Crippen molar-refractivity contribution in [1.82, 2.24) is 0 Å². The normalized spacial score (nSPS) is 9.76. The lowest BCUT2D eigenvalue weighted by atomic mass is 10.1. The summed E-state index contributed by atoms with van der Waals surface area (Å²) in [6.45, 7) is 1.77. The summed E-state index contributed by atoms with van der Waals surface area (Å²) in [4.78, 5) is 10.5. The number of nitriles is 1. The van der Waals surface area contributed by atoms with E-state index in [-0.39, 0.29) is 11.4 Å². The molecule has 21 heavy (non-hydrogen) atoms. The number of para-hydroxylation sites is 1. The third-order valence-corrected chi connectivity index (χ3v) is 2.91. The summed E-state index contributed by atoms with van der Waals surface area (Å²) in [5, 5.41) is 20.2. The molecule has 2 aromatic carbocycles. The first-order chi connectivity index (χ1) is 10.1. The molecule has 0 bridgehead atoms. The van der Waals surface area contributed by atoms with Gasteiger partial charge in [0.05, 0.1) is 17.6 Å². The second-order valence-corrected chi connectivity index (χ2v) is 4.26. The van der Waals surface area contributed by atoms with E-state index in [4.69, 9.17) is 14.7 Å². The zero-order valence-electron chi connectivity index (χ0n) is 11.5. The number of ether oxygens (including phenoxy) is 2. The second-order valence-electron chi connectivity index (χ2n) is 4.26. The summed E-state index contributed by atoms with van der Waals surface area (Å²) in [6.07, 6.45) is 0. The first-order valence-electron chi connectivity index (χ1n) is 6.07. The van der Waals surface area contributed by atoms with E-state index in [1.165, 1.54) is 25.3 Å². The molecule has 0 amide bonds. The lowest BCUT2D eigenvalue weighted by Crippen LogP contribution is -1.97. The number of nitrogens with zero attached hydrogens (tertiary/aromatic N) is 2. The van der Waals surface area contributed by atoms with Gasteiger partial charge >= 0.3 is 5.69 Å². The van der Waals surface area contributed by atoms with E-state index in [1.54, 1.807) is 25.1 Å². The average molecular weight is 284 g/mol. The molecule has 0 spiro atoms. The third kappa shape index (κ3) is 2.92. The predicted molar refractivity (Wildman–Crippen MR) is 75.6 cm³/mol. The summed E-state index contributed by atoms with van der Waals surface area (Å²) >= 11 is 0. The Labute approximate surface area is 121 Å². The minimum atomic E-state index is -0.543. The highest BCUT2D eigenvalue weighted by atomic mass is 16.6. The summed E-state index contributed by atoms with van der Waals surface area (Å²) in [5.74, 6) is 0.768. The molecule has 106 valence electrons. The molecule has 6 nitrogen and oxygen atoms in total. The Morgan fingerprint density at radius 1 is 1.29 bits per heavy atom. The smallest absolute Gasteiger partial charge is 0.311 e. The molecule has 0 unspecified atom stereocenters. The number of hydrogen-bond donors (Lipinski definition) is 0.